The van der Waals surface area contributed by atoms with Crippen LogP contribution in [0.4, 0.5) is 5.69 Å². The predicted molar refractivity (Wildman–Crippen MR) is 87.6 cm³/mol. The zero-order chi connectivity index (χ0) is 14.4. The molecule has 108 valence electrons. The van der Waals surface area contributed by atoms with Crippen molar-refractivity contribution in [3.63, 3.8) is 0 Å². The summed E-state index contributed by atoms with van der Waals surface area (Å²) in [4.78, 5) is 6.78. The fourth-order valence-electron chi connectivity index (χ4n) is 2.36. The van der Waals surface area contributed by atoms with Gasteiger partial charge < -0.3 is 10.2 Å². The summed E-state index contributed by atoms with van der Waals surface area (Å²) >= 11 is 6.17. The maximum absolute atomic E-state index is 6.17. The summed E-state index contributed by atoms with van der Waals surface area (Å²) in [5.74, 6) is 0. The molecule has 0 saturated heterocycles. The summed E-state index contributed by atoms with van der Waals surface area (Å²) in [5, 5.41) is 5.28. The van der Waals surface area contributed by atoms with Crippen molar-refractivity contribution in [2.45, 2.75) is 20.3 Å². The Morgan fingerprint density at radius 2 is 2.00 bits per heavy atom. The van der Waals surface area contributed by atoms with Crippen LogP contribution < -0.4 is 5.32 Å². The average molecular weight is 292 g/mol. The van der Waals surface area contributed by atoms with Gasteiger partial charge in [-0.3, -0.25) is 4.98 Å². The van der Waals surface area contributed by atoms with E-state index in [2.05, 4.69) is 35.1 Å². The molecular weight excluding hydrogens is 270 g/mol. The zero-order valence-electron chi connectivity index (χ0n) is 12.2. The molecule has 2 aromatic rings. The summed E-state index contributed by atoms with van der Waals surface area (Å²) < 4.78 is 0. The zero-order valence-corrected chi connectivity index (χ0v) is 13.0. The van der Waals surface area contributed by atoms with Gasteiger partial charge in [0, 0.05) is 23.8 Å². The van der Waals surface area contributed by atoms with Crippen molar-refractivity contribution in [2.75, 3.05) is 31.5 Å². The minimum atomic E-state index is 0.703. The topological polar surface area (TPSA) is 28.2 Å². The first-order valence-electron chi connectivity index (χ1n) is 7.25. The smallest absolute Gasteiger partial charge is 0.0908 e. The van der Waals surface area contributed by atoms with Crippen LogP contribution >= 0.6 is 11.6 Å². The lowest BCUT2D eigenvalue weighted by atomic mass is 10.2. The summed E-state index contributed by atoms with van der Waals surface area (Å²) in [5.41, 5.74) is 1.97. The van der Waals surface area contributed by atoms with E-state index in [1.54, 1.807) is 6.20 Å². The fourth-order valence-corrected chi connectivity index (χ4v) is 2.58. The van der Waals surface area contributed by atoms with Crippen LogP contribution in [0.25, 0.3) is 10.9 Å². The monoisotopic (exact) mass is 291 g/mol. The molecule has 1 aromatic carbocycles. The molecule has 1 N–H and O–H groups in total. The highest BCUT2D eigenvalue weighted by atomic mass is 35.5. The van der Waals surface area contributed by atoms with E-state index in [-0.39, 0.29) is 0 Å². The maximum atomic E-state index is 6.17. The number of hydrogen-bond donors (Lipinski definition) is 1. The van der Waals surface area contributed by atoms with Gasteiger partial charge in [-0.25, -0.2) is 0 Å². The Labute approximate surface area is 126 Å². The van der Waals surface area contributed by atoms with E-state index in [0.717, 1.165) is 49.2 Å². The molecule has 0 aliphatic rings. The van der Waals surface area contributed by atoms with Crippen molar-refractivity contribution >= 4 is 28.2 Å². The quantitative estimate of drug-likeness (QED) is 0.781. The minimum absolute atomic E-state index is 0.703. The Hall–Kier alpha value is -1.32. The van der Waals surface area contributed by atoms with Crippen LogP contribution in [0, 0.1) is 0 Å². The highest BCUT2D eigenvalue weighted by Crippen LogP contribution is 2.26. The normalized spacial score (nSPS) is 11.2. The van der Waals surface area contributed by atoms with E-state index in [1.165, 1.54) is 0 Å². The number of aromatic nitrogens is 1. The van der Waals surface area contributed by atoms with Crippen molar-refractivity contribution in [1.29, 1.82) is 0 Å². The number of para-hydroxylation sites is 1. The molecule has 0 fully saturated rings. The SMILES string of the molecule is CCN(CC)CCCNc1ccnc2c(Cl)cccc12. The molecule has 4 heteroatoms. The molecule has 1 aromatic heterocycles. The van der Waals surface area contributed by atoms with Crippen molar-refractivity contribution in [1.82, 2.24) is 9.88 Å². The Morgan fingerprint density at radius 1 is 1.20 bits per heavy atom. The number of pyridine rings is 1. The van der Waals surface area contributed by atoms with E-state index in [1.807, 2.05) is 18.2 Å². The summed E-state index contributed by atoms with van der Waals surface area (Å²) in [7, 11) is 0. The molecule has 2 rings (SSSR count). The van der Waals surface area contributed by atoms with Gasteiger partial charge in [0.2, 0.25) is 0 Å². The first-order chi connectivity index (χ1) is 9.76. The molecule has 0 radical (unpaired) electrons. The molecule has 0 aliphatic heterocycles. The molecule has 0 aliphatic carbocycles. The lowest BCUT2D eigenvalue weighted by Gasteiger charge is -2.18. The van der Waals surface area contributed by atoms with Crippen LogP contribution in [0.1, 0.15) is 20.3 Å². The van der Waals surface area contributed by atoms with Crippen LogP contribution in [0.5, 0.6) is 0 Å². The van der Waals surface area contributed by atoms with Crippen LogP contribution in [0.15, 0.2) is 30.5 Å². The van der Waals surface area contributed by atoms with Crippen LogP contribution in [-0.2, 0) is 0 Å². The Morgan fingerprint density at radius 3 is 2.75 bits per heavy atom. The first-order valence-corrected chi connectivity index (χ1v) is 7.63. The van der Waals surface area contributed by atoms with Gasteiger partial charge in [-0.2, -0.15) is 0 Å². The van der Waals surface area contributed by atoms with Gasteiger partial charge in [0.15, 0.2) is 0 Å². The Kier molecular flexibility index (Phi) is 5.62. The van der Waals surface area contributed by atoms with Crippen LogP contribution in [0.3, 0.4) is 0 Å². The van der Waals surface area contributed by atoms with Gasteiger partial charge in [-0.1, -0.05) is 37.6 Å². The number of hydrogen-bond acceptors (Lipinski definition) is 3. The number of benzene rings is 1. The first kappa shape index (κ1) is 15.1. The third kappa shape index (κ3) is 3.62. The lowest BCUT2D eigenvalue weighted by Crippen LogP contribution is -2.25. The number of fused-ring (bicyclic) bond motifs is 1. The average Bonchev–Trinajstić information content (AvgIpc) is 2.48. The van der Waals surface area contributed by atoms with Crippen molar-refractivity contribution in [3.8, 4) is 0 Å². The lowest BCUT2D eigenvalue weighted by molar-refractivity contribution is 0.303. The predicted octanol–water partition coefficient (Wildman–Crippen LogP) is 4.03. The molecule has 0 bridgehead atoms. The van der Waals surface area contributed by atoms with Gasteiger partial charge >= 0.3 is 0 Å². The molecule has 3 nitrogen and oxygen atoms in total. The highest BCUT2D eigenvalue weighted by molar-refractivity contribution is 6.35. The summed E-state index contributed by atoms with van der Waals surface area (Å²) in [6.07, 6.45) is 2.94. The van der Waals surface area contributed by atoms with Gasteiger partial charge in [0.25, 0.3) is 0 Å². The Balaban J connectivity index is 1.98. The van der Waals surface area contributed by atoms with Crippen molar-refractivity contribution < 1.29 is 0 Å². The van der Waals surface area contributed by atoms with Gasteiger partial charge in [-0.15, -0.1) is 0 Å². The molecular formula is C16H22ClN3. The second-order valence-electron chi connectivity index (χ2n) is 4.80. The minimum Gasteiger partial charge on any atom is -0.384 e. The highest BCUT2D eigenvalue weighted by Gasteiger charge is 2.04. The Bertz CT molecular complexity index is 552. The molecule has 1 heterocycles. The second kappa shape index (κ2) is 7.46. The molecule has 0 spiro atoms. The van der Waals surface area contributed by atoms with Crippen molar-refractivity contribution in [2.24, 2.45) is 0 Å². The third-order valence-electron chi connectivity index (χ3n) is 3.58. The van der Waals surface area contributed by atoms with Crippen LogP contribution in [0.2, 0.25) is 5.02 Å². The molecule has 0 saturated carbocycles. The van der Waals surface area contributed by atoms with Gasteiger partial charge in [-0.05, 0) is 38.2 Å². The van der Waals surface area contributed by atoms with E-state index < -0.39 is 0 Å². The standard InChI is InChI=1S/C16H22ClN3/c1-3-20(4-2)12-6-10-18-15-9-11-19-16-13(15)7-5-8-14(16)17/h5,7-9,11H,3-4,6,10,12H2,1-2H3,(H,18,19). The van der Waals surface area contributed by atoms with Gasteiger partial charge in [0.1, 0.15) is 0 Å². The molecule has 0 atom stereocenters. The summed E-state index contributed by atoms with van der Waals surface area (Å²) in [6, 6.07) is 7.91. The molecule has 0 amide bonds. The fraction of sp³-hybridized carbons (Fsp3) is 0.438. The van der Waals surface area contributed by atoms with Crippen molar-refractivity contribution in [3.05, 3.63) is 35.5 Å². The van der Waals surface area contributed by atoms with E-state index in [9.17, 15) is 0 Å². The molecule has 0 unspecified atom stereocenters. The van der Waals surface area contributed by atoms with Gasteiger partial charge in [0.05, 0.1) is 10.5 Å². The largest absolute Gasteiger partial charge is 0.384 e. The number of rotatable bonds is 7. The van der Waals surface area contributed by atoms with E-state index in [4.69, 9.17) is 11.6 Å². The molecule has 20 heavy (non-hydrogen) atoms. The van der Waals surface area contributed by atoms with Crippen LogP contribution in [-0.4, -0.2) is 36.1 Å². The maximum Gasteiger partial charge on any atom is 0.0908 e. The number of halogens is 1. The number of nitrogens with zero attached hydrogens (tertiary/aromatic N) is 2. The number of nitrogens with one attached hydrogen (secondary N) is 1. The van der Waals surface area contributed by atoms with E-state index in [0.29, 0.717) is 5.02 Å². The van der Waals surface area contributed by atoms with E-state index >= 15 is 0 Å². The third-order valence-corrected chi connectivity index (χ3v) is 3.89. The number of anilines is 1. The summed E-state index contributed by atoms with van der Waals surface area (Å²) in [6.45, 7) is 8.73. The second-order valence-corrected chi connectivity index (χ2v) is 5.21.